The first kappa shape index (κ1) is 18.9. The minimum absolute atomic E-state index is 0.357. The predicted octanol–water partition coefficient (Wildman–Crippen LogP) is 3.72. The van der Waals surface area contributed by atoms with Crippen LogP contribution < -0.4 is 11.5 Å². The van der Waals surface area contributed by atoms with Crippen LogP contribution in [-0.2, 0) is 22.2 Å². The van der Waals surface area contributed by atoms with Gasteiger partial charge in [-0.3, -0.25) is 0 Å². The van der Waals surface area contributed by atoms with Crippen molar-refractivity contribution < 1.29 is 34.8 Å². The van der Waals surface area contributed by atoms with Gasteiger partial charge in [0.25, 0.3) is 0 Å². The molecule has 4 nitrogen and oxygen atoms in total. The van der Waals surface area contributed by atoms with E-state index in [1.165, 1.54) is 0 Å². The van der Waals surface area contributed by atoms with Crippen molar-refractivity contribution in [1.82, 2.24) is 0 Å². The molecule has 11 heteroatoms. The van der Waals surface area contributed by atoms with Crippen LogP contribution in [-0.4, -0.2) is 8.42 Å². The summed E-state index contributed by atoms with van der Waals surface area (Å²) in [5.74, 6) is 0. The highest BCUT2D eigenvalue weighted by Crippen LogP contribution is 2.41. The van der Waals surface area contributed by atoms with Gasteiger partial charge in [-0.1, -0.05) is 0 Å². The van der Waals surface area contributed by atoms with Gasteiger partial charge in [0.1, 0.15) is 0 Å². The highest BCUT2D eigenvalue weighted by atomic mass is 32.2. The second kappa shape index (κ2) is 5.83. The number of hydrogen-bond acceptors (Lipinski definition) is 4. The average Bonchev–Trinajstić information content (AvgIpc) is 2.44. The summed E-state index contributed by atoms with van der Waals surface area (Å²) in [7, 11) is -5.21. The van der Waals surface area contributed by atoms with E-state index >= 15 is 0 Å². The molecule has 0 radical (unpaired) electrons. The highest BCUT2D eigenvalue weighted by Gasteiger charge is 2.42. The molecule has 136 valence electrons. The molecule has 0 spiro atoms. The third-order valence-electron chi connectivity index (χ3n) is 3.20. The molecule has 0 unspecified atom stereocenters. The van der Waals surface area contributed by atoms with Crippen molar-refractivity contribution in [3.63, 3.8) is 0 Å². The Morgan fingerprint density at radius 1 is 0.680 bits per heavy atom. The Bertz CT molecular complexity index is 850. The summed E-state index contributed by atoms with van der Waals surface area (Å²) >= 11 is 0. The molecular weight excluding hydrogens is 374 g/mol. The normalized spacial score (nSPS) is 13.0. The third-order valence-corrected chi connectivity index (χ3v) is 5.03. The first-order valence-corrected chi connectivity index (χ1v) is 7.91. The maximum atomic E-state index is 13.1. The average molecular weight is 384 g/mol. The number of nitrogen functional groups attached to an aromatic ring is 2. The van der Waals surface area contributed by atoms with Crippen LogP contribution in [0.25, 0.3) is 0 Å². The second-order valence-electron chi connectivity index (χ2n) is 5.01. The summed E-state index contributed by atoms with van der Waals surface area (Å²) < 4.78 is 104. The molecule has 0 atom stereocenters. The zero-order valence-corrected chi connectivity index (χ0v) is 12.9. The quantitative estimate of drug-likeness (QED) is 0.610. The molecule has 0 saturated carbocycles. The second-order valence-corrected chi connectivity index (χ2v) is 6.90. The summed E-state index contributed by atoms with van der Waals surface area (Å²) in [5, 5.41) is 0. The van der Waals surface area contributed by atoms with Gasteiger partial charge in [0.2, 0.25) is 9.84 Å². The number of anilines is 2. The van der Waals surface area contributed by atoms with E-state index in [0.29, 0.717) is 24.3 Å². The van der Waals surface area contributed by atoms with E-state index < -0.39 is 43.1 Å². The highest BCUT2D eigenvalue weighted by molar-refractivity contribution is 7.91. The summed E-state index contributed by atoms with van der Waals surface area (Å²) in [6.07, 6.45) is -10.2. The molecule has 0 saturated heterocycles. The molecule has 0 bridgehead atoms. The number of alkyl halides is 6. The molecule has 0 fully saturated rings. The lowest BCUT2D eigenvalue weighted by atomic mass is 10.2. The monoisotopic (exact) mass is 384 g/mol. The van der Waals surface area contributed by atoms with Crippen LogP contribution in [0, 0.1) is 0 Å². The molecule has 0 aliphatic rings. The van der Waals surface area contributed by atoms with Crippen LogP contribution in [0.15, 0.2) is 46.2 Å². The Balaban J connectivity index is 2.87. The van der Waals surface area contributed by atoms with Gasteiger partial charge >= 0.3 is 12.4 Å². The van der Waals surface area contributed by atoms with E-state index in [9.17, 15) is 34.8 Å². The van der Waals surface area contributed by atoms with Crippen LogP contribution in [0.5, 0.6) is 0 Å². The van der Waals surface area contributed by atoms with Crippen molar-refractivity contribution in [3.8, 4) is 0 Å². The molecule has 0 aromatic heterocycles. The molecule has 25 heavy (non-hydrogen) atoms. The molecule has 0 heterocycles. The fraction of sp³-hybridized carbons (Fsp3) is 0.143. The van der Waals surface area contributed by atoms with Gasteiger partial charge < -0.3 is 11.5 Å². The van der Waals surface area contributed by atoms with E-state index in [1.54, 1.807) is 0 Å². The Kier molecular flexibility index (Phi) is 4.41. The molecule has 0 aliphatic heterocycles. The van der Waals surface area contributed by atoms with Crippen molar-refractivity contribution in [1.29, 1.82) is 0 Å². The third kappa shape index (κ3) is 3.65. The minimum atomic E-state index is -5.21. The standard InChI is InChI=1S/C14H10F6N2O2S/c15-13(16,17)9-3-1-7(21)5-11(9)25(23,24)12-6-8(22)2-4-10(12)14(18,19)20/h1-6H,21-22H2. The van der Waals surface area contributed by atoms with E-state index in [1.807, 2.05) is 0 Å². The van der Waals surface area contributed by atoms with Gasteiger partial charge in [-0.2, -0.15) is 26.3 Å². The molecule has 2 rings (SSSR count). The first-order chi connectivity index (χ1) is 11.2. The summed E-state index contributed by atoms with van der Waals surface area (Å²) in [4.78, 5) is -2.76. The van der Waals surface area contributed by atoms with Gasteiger partial charge in [0.15, 0.2) is 0 Å². The van der Waals surface area contributed by atoms with Crippen LogP contribution in [0.3, 0.4) is 0 Å². The van der Waals surface area contributed by atoms with Gasteiger partial charge in [-0.15, -0.1) is 0 Å². The van der Waals surface area contributed by atoms with Crippen molar-refractivity contribution >= 4 is 21.2 Å². The molecule has 2 aromatic carbocycles. The number of nitrogens with two attached hydrogens (primary N) is 2. The van der Waals surface area contributed by atoms with E-state index in [4.69, 9.17) is 11.5 Å². The minimum Gasteiger partial charge on any atom is -0.399 e. The fourth-order valence-electron chi connectivity index (χ4n) is 2.11. The summed E-state index contributed by atoms with van der Waals surface area (Å²) in [6.45, 7) is 0. The van der Waals surface area contributed by atoms with Gasteiger partial charge in [-0.25, -0.2) is 8.42 Å². The van der Waals surface area contributed by atoms with Crippen molar-refractivity contribution in [3.05, 3.63) is 47.5 Å². The maximum absolute atomic E-state index is 13.1. The number of hydrogen-bond donors (Lipinski definition) is 2. The lowest BCUT2D eigenvalue weighted by Gasteiger charge is -2.17. The summed E-state index contributed by atoms with van der Waals surface area (Å²) in [6, 6.07) is 3.30. The first-order valence-electron chi connectivity index (χ1n) is 6.43. The van der Waals surface area contributed by atoms with Crippen molar-refractivity contribution in [2.24, 2.45) is 0 Å². The molecule has 0 amide bonds. The molecule has 4 N–H and O–H groups in total. The molecular formula is C14H10F6N2O2S. The largest absolute Gasteiger partial charge is 0.417 e. The van der Waals surface area contributed by atoms with Gasteiger partial charge in [0.05, 0.1) is 20.9 Å². The predicted molar refractivity (Wildman–Crippen MR) is 77.2 cm³/mol. The van der Waals surface area contributed by atoms with Gasteiger partial charge in [-0.05, 0) is 36.4 Å². The van der Waals surface area contributed by atoms with E-state index in [-0.39, 0.29) is 11.4 Å². The van der Waals surface area contributed by atoms with Gasteiger partial charge in [0, 0.05) is 11.4 Å². The topological polar surface area (TPSA) is 86.2 Å². The Morgan fingerprint density at radius 3 is 1.28 bits per heavy atom. The van der Waals surface area contributed by atoms with Crippen LogP contribution in [0.4, 0.5) is 37.7 Å². The van der Waals surface area contributed by atoms with Crippen LogP contribution in [0.2, 0.25) is 0 Å². The molecule has 2 aromatic rings. The Labute approximate surface area is 138 Å². The van der Waals surface area contributed by atoms with Crippen LogP contribution in [0.1, 0.15) is 11.1 Å². The zero-order chi connectivity index (χ0) is 19.2. The molecule has 0 aliphatic carbocycles. The lowest BCUT2D eigenvalue weighted by molar-refractivity contribution is -0.140. The number of sulfone groups is 1. The number of rotatable bonds is 2. The van der Waals surface area contributed by atoms with Crippen molar-refractivity contribution in [2.75, 3.05) is 11.5 Å². The fourth-order valence-corrected chi connectivity index (χ4v) is 3.88. The summed E-state index contributed by atoms with van der Waals surface area (Å²) in [5.41, 5.74) is 6.67. The smallest absolute Gasteiger partial charge is 0.399 e. The lowest BCUT2D eigenvalue weighted by Crippen LogP contribution is -2.18. The number of halogens is 6. The maximum Gasteiger partial charge on any atom is 0.417 e. The Morgan fingerprint density at radius 2 is 1.00 bits per heavy atom. The SMILES string of the molecule is Nc1ccc(C(F)(F)F)c(S(=O)(=O)c2cc(N)ccc2C(F)(F)F)c1. The van der Waals surface area contributed by atoms with E-state index in [0.717, 1.165) is 12.1 Å². The Hall–Kier alpha value is -2.43. The zero-order valence-electron chi connectivity index (χ0n) is 12.1. The number of benzene rings is 2. The van der Waals surface area contributed by atoms with Crippen molar-refractivity contribution in [2.45, 2.75) is 22.1 Å². The van der Waals surface area contributed by atoms with E-state index in [2.05, 4.69) is 0 Å². The van der Waals surface area contributed by atoms with Crippen LogP contribution >= 0.6 is 0 Å².